The first-order valence-electron chi connectivity index (χ1n) is 1.33. The fraction of sp³-hybridized carbons (Fsp3) is 0. The molecule has 0 aromatic rings. The minimum Gasteiger partial charge on any atom is 4.00 e. The molecule has 0 aromatic carbocycles. The van der Waals surface area contributed by atoms with Gasteiger partial charge in [-0.05, 0) is 0 Å². The predicted octanol–water partition coefficient (Wildman–Crippen LogP) is -5.24. The second kappa shape index (κ2) is 7.17. The van der Waals surface area contributed by atoms with Crippen LogP contribution in [0, 0.1) is 39.9 Å². The van der Waals surface area contributed by atoms with Gasteiger partial charge in [0.15, 0.2) is 0 Å². The molecule has 0 atom stereocenters. The van der Waals surface area contributed by atoms with Gasteiger partial charge in [0.2, 0.25) is 0 Å². The molecule has 0 fully saturated rings. The van der Waals surface area contributed by atoms with Crippen molar-refractivity contribution in [3.63, 3.8) is 0 Å². The number of rotatable bonds is 0. The molecule has 0 unspecified atom stereocenters. The fourth-order valence-corrected chi connectivity index (χ4v) is 0. The van der Waals surface area contributed by atoms with Crippen molar-refractivity contribution < 1.29 is 102 Å². The molecule has 11 heteroatoms. The van der Waals surface area contributed by atoms with Crippen LogP contribution in [0.3, 0.4) is 0 Å². The standard InChI is InChI=1S/8O.Th.2W/q;;;;4*-1;+4;;. The molecule has 64 valence electrons. The molecule has 0 N–H and O–H groups in total. The second-order valence-electron chi connectivity index (χ2n) is 0.816. The van der Waals surface area contributed by atoms with Gasteiger partial charge in [-0.2, -0.15) is 0 Å². The normalized spacial score (nSPS) is 10.5. The Kier molecular flexibility index (Phi) is 12.1. The van der Waals surface area contributed by atoms with E-state index in [4.69, 9.17) is 28.6 Å². The quantitative estimate of drug-likeness (QED) is 0.240. The Bertz CT molecular complexity index is 208. The summed E-state index contributed by atoms with van der Waals surface area (Å²) < 4.78 is 69.2. The van der Waals surface area contributed by atoms with Gasteiger partial charge in [0, 0.05) is 0 Å². The average Bonchev–Trinajstić information content (AvgIpc) is 1.12. The minimum atomic E-state index is -6.17. The SMILES string of the molecule is [O]=[W](=[O])([O-])[O-].[O]=[W](=[O])([O-])[O-].[Th+4]. The van der Waals surface area contributed by atoms with Crippen LogP contribution in [0.1, 0.15) is 0 Å². The van der Waals surface area contributed by atoms with Gasteiger partial charge in [0.05, 0.1) is 0 Å². The molecule has 0 aliphatic rings. The van der Waals surface area contributed by atoms with Crippen LogP contribution in [-0.2, 0) is 47.1 Å². The summed E-state index contributed by atoms with van der Waals surface area (Å²) in [6.45, 7) is 0. The van der Waals surface area contributed by atoms with E-state index in [0.29, 0.717) is 0 Å². The van der Waals surface area contributed by atoms with E-state index in [0.717, 1.165) is 0 Å². The molecule has 0 rings (SSSR count). The van der Waals surface area contributed by atoms with Gasteiger partial charge in [0.1, 0.15) is 0 Å². The first kappa shape index (κ1) is 18.5. The monoisotopic (exact) mass is 728 g/mol. The molecule has 0 saturated heterocycles. The molecule has 0 aliphatic heterocycles. The van der Waals surface area contributed by atoms with Crippen molar-refractivity contribution in [1.82, 2.24) is 0 Å². The molecule has 0 radical (unpaired) electrons. The first-order chi connectivity index (χ1) is 4.00. The Balaban J connectivity index is -0.000000107. The van der Waals surface area contributed by atoms with E-state index in [2.05, 4.69) is 0 Å². The molecule has 0 aromatic heterocycles. The van der Waals surface area contributed by atoms with Gasteiger partial charge in [0.25, 0.3) is 0 Å². The summed E-state index contributed by atoms with van der Waals surface area (Å²) in [6.07, 6.45) is 0. The Labute approximate surface area is 100 Å². The summed E-state index contributed by atoms with van der Waals surface area (Å²) >= 11 is -12.3. The zero-order chi connectivity index (χ0) is 9.00. The van der Waals surface area contributed by atoms with E-state index in [-0.39, 0.29) is 39.9 Å². The third kappa shape index (κ3) is 367. The molecule has 0 amide bonds. The van der Waals surface area contributed by atoms with E-state index in [1.54, 1.807) is 0 Å². The molecule has 11 heavy (non-hydrogen) atoms. The van der Waals surface area contributed by atoms with E-state index >= 15 is 0 Å². The van der Waals surface area contributed by atoms with Crippen molar-refractivity contribution in [1.29, 1.82) is 0 Å². The molecule has 0 bridgehead atoms. The van der Waals surface area contributed by atoms with Crippen molar-refractivity contribution in [2.24, 2.45) is 0 Å². The third-order valence-corrected chi connectivity index (χ3v) is 0. The number of hydrogen-bond acceptors (Lipinski definition) is 8. The number of hydrogen-bond donors (Lipinski definition) is 0. The zero-order valence-electron chi connectivity index (χ0n) is 4.58. The van der Waals surface area contributed by atoms with Crippen molar-refractivity contribution in [3.05, 3.63) is 0 Å². The molecule has 0 heterocycles. The van der Waals surface area contributed by atoms with Crippen LogP contribution in [0.5, 0.6) is 0 Å². The van der Waals surface area contributed by atoms with E-state index < -0.39 is 33.5 Å². The van der Waals surface area contributed by atoms with Crippen LogP contribution in [0.2, 0.25) is 0 Å². The van der Waals surface area contributed by atoms with Crippen LogP contribution in [0.15, 0.2) is 0 Å². The van der Waals surface area contributed by atoms with Gasteiger partial charge < -0.3 is 0 Å². The van der Waals surface area contributed by atoms with Gasteiger partial charge in [-0.1, -0.05) is 0 Å². The summed E-state index contributed by atoms with van der Waals surface area (Å²) in [7, 11) is 0. The van der Waals surface area contributed by atoms with Gasteiger partial charge in [-0.15, -0.1) is 0 Å². The van der Waals surface area contributed by atoms with Gasteiger partial charge >= 0.3 is 102 Å². The maximum atomic E-state index is 8.65. The molecular formula is O8ThW2. The first-order valence-corrected chi connectivity index (χ1v) is 10.9. The van der Waals surface area contributed by atoms with Crippen molar-refractivity contribution in [3.8, 4) is 0 Å². The van der Waals surface area contributed by atoms with Gasteiger partial charge in [-0.25, -0.2) is 0 Å². The van der Waals surface area contributed by atoms with Crippen LogP contribution in [0.4, 0.5) is 0 Å². The summed E-state index contributed by atoms with van der Waals surface area (Å²) in [5.41, 5.74) is 0. The largest absolute Gasteiger partial charge is 4.00 e. The summed E-state index contributed by atoms with van der Waals surface area (Å²) in [5.74, 6) is 0. The van der Waals surface area contributed by atoms with E-state index in [1.165, 1.54) is 0 Å². The molecule has 0 spiro atoms. The van der Waals surface area contributed by atoms with Crippen LogP contribution in [-0.4, -0.2) is 0 Å². The van der Waals surface area contributed by atoms with Crippen LogP contribution >= 0.6 is 0 Å². The molecule has 0 aliphatic carbocycles. The maximum absolute atomic E-state index is 8.65. The van der Waals surface area contributed by atoms with Crippen molar-refractivity contribution >= 4 is 0 Å². The summed E-state index contributed by atoms with van der Waals surface area (Å²) in [6, 6.07) is 0. The topological polar surface area (TPSA) is 161 Å². The fourth-order valence-electron chi connectivity index (χ4n) is 0. The van der Waals surface area contributed by atoms with Gasteiger partial charge in [-0.3, -0.25) is 0 Å². The Morgan fingerprint density at radius 1 is 0.636 bits per heavy atom. The average molecular weight is 728 g/mol. The summed E-state index contributed by atoms with van der Waals surface area (Å²) in [4.78, 5) is 0. The Morgan fingerprint density at radius 2 is 0.636 bits per heavy atom. The van der Waals surface area contributed by atoms with Crippen LogP contribution in [0.25, 0.3) is 0 Å². The van der Waals surface area contributed by atoms with E-state index in [1.807, 2.05) is 0 Å². The molecular weight excluding hydrogens is 728 g/mol. The summed E-state index contributed by atoms with van der Waals surface area (Å²) in [5, 5.41) is 0. The smallest absolute Gasteiger partial charge is 4.00 e. The minimum absolute atomic E-state index is 0. The van der Waals surface area contributed by atoms with Crippen molar-refractivity contribution in [2.75, 3.05) is 0 Å². The molecule has 0 saturated carbocycles. The van der Waals surface area contributed by atoms with Crippen molar-refractivity contribution in [2.45, 2.75) is 0 Å². The third-order valence-electron chi connectivity index (χ3n) is 0. The van der Waals surface area contributed by atoms with E-state index in [9.17, 15) is 0 Å². The maximum Gasteiger partial charge on any atom is 4.00 e. The Hall–Kier alpha value is 1.74. The second-order valence-corrected chi connectivity index (χ2v) is 6.68. The Morgan fingerprint density at radius 3 is 0.636 bits per heavy atom. The van der Waals surface area contributed by atoms with Crippen LogP contribution < -0.4 is 15.0 Å². The predicted molar refractivity (Wildman–Crippen MR) is 2.75 cm³/mol. The zero-order valence-corrected chi connectivity index (χ0v) is 14.6. The molecule has 8 nitrogen and oxygen atoms in total.